The SMILES string of the molecule is Cc1ccc(C(=O)N(Cc2nc3ccccc3n2-c2ccccc2)C2CC2)c(C)c1. The van der Waals surface area contributed by atoms with E-state index in [4.69, 9.17) is 4.98 Å². The Balaban J connectivity index is 1.57. The van der Waals surface area contributed by atoms with E-state index in [2.05, 4.69) is 35.8 Å². The number of aryl methyl sites for hydroxylation is 2. The Bertz CT molecular complexity index is 1220. The van der Waals surface area contributed by atoms with Crippen LogP contribution in [0.25, 0.3) is 16.7 Å². The van der Waals surface area contributed by atoms with Crippen molar-refractivity contribution in [3.05, 3.63) is 95.3 Å². The van der Waals surface area contributed by atoms with Gasteiger partial charge in [-0.05, 0) is 62.6 Å². The molecular formula is C26H25N3O. The number of hydrogen-bond donors (Lipinski definition) is 0. The summed E-state index contributed by atoms with van der Waals surface area (Å²) in [6.07, 6.45) is 2.12. The first-order chi connectivity index (χ1) is 14.6. The summed E-state index contributed by atoms with van der Waals surface area (Å²) in [6, 6.07) is 24.8. The van der Waals surface area contributed by atoms with Gasteiger partial charge in [-0.15, -0.1) is 0 Å². The van der Waals surface area contributed by atoms with Crippen molar-refractivity contribution in [2.24, 2.45) is 0 Å². The normalized spacial score (nSPS) is 13.5. The second kappa shape index (κ2) is 7.45. The maximum atomic E-state index is 13.5. The van der Waals surface area contributed by atoms with Crippen LogP contribution < -0.4 is 0 Å². The quantitative estimate of drug-likeness (QED) is 0.451. The van der Waals surface area contributed by atoms with Gasteiger partial charge in [0.1, 0.15) is 5.82 Å². The summed E-state index contributed by atoms with van der Waals surface area (Å²) >= 11 is 0. The van der Waals surface area contributed by atoms with Crippen LogP contribution in [0.15, 0.2) is 72.8 Å². The molecule has 4 heteroatoms. The molecule has 1 saturated carbocycles. The van der Waals surface area contributed by atoms with Crippen molar-refractivity contribution >= 4 is 16.9 Å². The van der Waals surface area contributed by atoms with E-state index in [0.717, 1.165) is 46.5 Å². The number of imidazole rings is 1. The van der Waals surface area contributed by atoms with Gasteiger partial charge >= 0.3 is 0 Å². The molecule has 0 radical (unpaired) electrons. The second-order valence-electron chi connectivity index (χ2n) is 8.17. The lowest BCUT2D eigenvalue weighted by molar-refractivity contribution is 0.0724. The summed E-state index contributed by atoms with van der Waals surface area (Å²) in [7, 11) is 0. The van der Waals surface area contributed by atoms with Crippen molar-refractivity contribution in [2.75, 3.05) is 0 Å². The summed E-state index contributed by atoms with van der Waals surface area (Å²) in [5.41, 5.74) is 6.07. The fourth-order valence-corrected chi connectivity index (χ4v) is 4.16. The zero-order valence-electron chi connectivity index (χ0n) is 17.4. The van der Waals surface area contributed by atoms with Gasteiger partial charge in [-0.2, -0.15) is 0 Å². The molecule has 0 saturated heterocycles. The molecule has 5 rings (SSSR count). The standard InChI is InChI=1S/C26H25N3O/c1-18-12-15-22(19(2)16-18)26(30)28(20-13-14-20)17-25-27-23-10-6-7-11-24(23)29(25)21-8-4-3-5-9-21/h3-12,15-16,20H,13-14,17H2,1-2H3. The van der Waals surface area contributed by atoms with Crippen LogP contribution in [-0.4, -0.2) is 26.4 Å². The van der Waals surface area contributed by atoms with Gasteiger partial charge in [0, 0.05) is 17.3 Å². The van der Waals surface area contributed by atoms with Crippen molar-refractivity contribution in [1.82, 2.24) is 14.5 Å². The summed E-state index contributed by atoms with van der Waals surface area (Å²) in [6.45, 7) is 4.58. The Kier molecular flexibility index (Phi) is 4.62. The van der Waals surface area contributed by atoms with Crippen molar-refractivity contribution in [3.63, 3.8) is 0 Å². The number of fused-ring (bicyclic) bond motifs is 1. The number of benzene rings is 3. The first-order valence-electron chi connectivity index (χ1n) is 10.5. The lowest BCUT2D eigenvalue weighted by Gasteiger charge is -2.24. The molecule has 0 aliphatic heterocycles. The number of para-hydroxylation sites is 3. The average Bonchev–Trinajstić information content (AvgIpc) is 3.52. The van der Waals surface area contributed by atoms with Crippen LogP contribution in [0.2, 0.25) is 0 Å². The summed E-state index contributed by atoms with van der Waals surface area (Å²) in [4.78, 5) is 20.4. The minimum atomic E-state index is 0.0988. The van der Waals surface area contributed by atoms with E-state index in [1.807, 2.05) is 60.4 Å². The van der Waals surface area contributed by atoms with Gasteiger partial charge in [0.25, 0.3) is 5.91 Å². The lowest BCUT2D eigenvalue weighted by atomic mass is 10.0. The average molecular weight is 396 g/mol. The molecule has 1 aliphatic carbocycles. The van der Waals surface area contributed by atoms with E-state index in [0.29, 0.717) is 12.6 Å². The van der Waals surface area contributed by atoms with Crippen LogP contribution >= 0.6 is 0 Å². The van der Waals surface area contributed by atoms with E-state index in [9.17, 15) is 4.79 Å². The highest BCUT2D eigenvalue weighted by Crippen LogP contribution is 2.32. The molecule has 1 aliphatic rings. The number of rotatable bonds is 5. The topological polar surface area (TPSA) is 38.1 Å². The van der Waals surface area contributed by atoms with Gasteiger partial charge < -0.3 is 4.90 Å². The Morgan fingerprint density at radius 1 is 1.00 bits per heavy atom. The maximum absolute atomic E-state index is 13.5. The molecule has 1 fully saturated rings. The van der Waals surface area contributed by atoms with Crippen molar-refractivity contribution in [1.29, 1.82) is 0 Å². The molecule has 0 spiro atoms. The highest BCUT2D eigenvalue weighted by molar-refractivity contribution is 5.96. The molecule has 1 heterocycles. The zero-order chi connectivity index (χ0) is 20.7. The van der Waals surface area contributed by atoms with Crippen molar-refractivity contribution in [3.8, 4) is 5.69 Å². The summed E-state index contributed by atoms with van der Waals surface area (Å²) in [5, 5.41) is 0. The molecular weight excluding hydrogens is 370 g/mol. The van der Waals surface area contributed by atoms with Crippen LogP contribution in [0.5, 0.6) is 0 Å². The Hall–Kier alpha value is -3.40. The molecule has 0 unspecified atom stereocenters. The third-order valence-corrected chi connectivity index (χ3v) is 5.82. The summed E-state index contributed by atoms with van der Waals surface area (Å²) < 4.78 is 2.18. The Morgan fingerprint density at radius 3 is 2.47 bits per heavy atom. The predicted octanol–water partition coefficient (Wildman–Crippen LogP) is 5.45. The molecule has 0 N–H and O–H groups in total. The Labute approximate surface area is 176 Å². The van der Waals surface area contributed by atoms with Crippen molar-refractivity contribution < 1.29 is 4.79 Å². The van der Waals surface area contributed by atoms with Crippen LogP contribution in [0.4, 0.5) is 0 Å². The first-order valence-corrected chi connectivity index (χ1v) is 10.5. The molecule has 1 amide bonds. The van der Waals surface area contributed by atoms with E-state index in [1.165, 1.54) is 5.56 Å². The minimum Gasteiger partial charge on any atom is -0.328 e. The van der Waals surface area contributed by atoms with Crippen LogP contribution in [-0.2, 0) is 6.54 Å². The number of carbonyl (C=O) groups excluding carboxylic acids is 1. The monoisotopic (exact) mass is 395 g/mol. The fourth-order valence-electron chi connectivity index (χ4n) is 4.16. The van der Waals surface area contributed by atoms with E-state index >= 15 is 0 Å². The third kappa shape index (κ3) is 3.39. The largest absolute Gasteiger partial charge is 0.328 e. The molecule has 3 aromatic carbocycles. The second-order valence-corrected chi connectivity index (χ2v) is 8.17. The zero-order valence-corrected chi connectivity index (χ0v) is 17.4. The predicted molar refractivity (Wildman–Crippen MR) is 120 cm³/mol. The molecule has 4 aromatic rings. The minimum absolute atomic E-state index is 0.0988. The van der Waals surface area contributed by atoms with Crippen LogP contribution in [0.3, 0.4) is 0 Å². The molecule has 30 heavy (non-hydrogen) atoms. The van der Waals surface area contributed by atoms with Gasteiger partial charge in [-0.25, -0.2) is 4.98 Å². The third-order valence-electron chi connectivity index (χ3n) is 5.82. The number of hydrogen-bond acceptors (Lipinski definition) is 2. The fraction of sp³-hybridized carbons (Fsp3) is 0.231. The number of amides is 1. The van der Waals surface area contributed by atoms with Gasteiger partial charge in [-0.3, -0.25) is 9.36 Å². The molecule has 0 bridgehead atoms. The van der Waals surface area contributed by atoms with E-state index in [1.54, 1.807) is 0 Å². The number of nitrogens with zero attached hydrogens (tertiary/aromatic N) is 3. The van der Waals surface area contributed by atoms with Crippen LogP contribution in [0.1, 0.15) is 40.2 Å². The lowest BCUT2D eigenvalue weighted by Crippen LogP contribution is -2.34. The first kappa shape index (κ1) is 18.6. The maximum Gasteiger partial charge on any atom is 0.254 e. The van der Waals surface area contributed by atoms with Crippen molar-refractivity contribution in [2.45, 2.75) is 39.3 Å². The highest BCUT2D eigenvalue weighted by Gasteiger charge is 2.34. The number of carbonyl (C=O) groups is 1. The van der Waals surface area contributed by atoms with Gasteiger partial charge in [0.05, 0.1) is 17.6 Å². The summed E-state index contributed by atoms with van der Waals surface area (Å²) in [5.74, 6) is 0.995. The smallest absolute Gasteiger partial charge is 0.254 e. The van der Waals surface area contributed by atoms with E-state index < -0.39 is 0 Å². The van der Waals surface area contributed by atoms with E-state index in [-0.39, 0.29) is 5.91 Å². The van der Waals surface area contributed by atoms with Gasteiger partial charge in [-0.1, -0.05) is 48.0 Å². The molecule has 150 valence electrons. The molecule has 1 aromatic heterocycles. The van der Waals surface area contributed by atoms with Gasteiger partial charge in [0.15, 0.2) is 0 Å². The number of aromatic nitrogens is 2. The molecule has 4 nitrogen and oxygen atoms in total. The Morgan fingerprint density at radius 2 is 1.73 bits per heavy atom. The highest BCUT2D eigenvalue weighted by atomic mass is 16.2. The van der Waals surface area contributed by atoms with Gasteiger partial charge in [0.2, 0.25) is 0 Å². The van der Waals surface area contributed by atoms with Crippen LogP contribution in [0, 0.1) is 13.8 Å². The molecule has 0 atom stereocenters.